The molecule has 0 radical (unpaired) electrons. The Morgan fingerprint density at radius 3 is 2.38 bits per heavy atom. The Bertz CT molecular complexity index is 454. The highest BCUT2D eigenvalue weighted by Crippen LogP contribution is 2.46. The zero-order valence-corrected chi connectivity index (χ0v) is 15.7. The summed E-state index contributed by atoms with van der Waals surface area (Å²) in [4.78, 5) is 27.3. The zero-order chi connectivity index (χ0) is 17.8. The molecule has 0 aromatic rings. The van der Waals surface area contributed by atoms with Crippen LogP contribution in [0.5, 0.6) is 0 Å². The van der Waals surface area contributed by atoms with E-state index in [1.807, 2.05) is 18.7 Å². The van der Waals surface area contributed by atoms with Gasteiger partial charge < -0.3 is 14.4 Å². The number of nitrogens with zero attached hydrogens (tertiary/aromatic N) is 1. The summed E-state index contributed by atoms with van der Waals surface area (Å²) in [6, 6.07) is 0. The van der Waals surface area contributed by atoms with Crippen molar-refractivity contribution in [1.29, 1.82) is 0 Å². The normalized spacial score (nSPS) is 28.8. The summed E-state index contributed by atoms with van der Waals surface area (Å²) in [6.07, 6.45) is 5.54. The first-order valence-corrected chi connectivity index (χ1v) is 9.48. The number of hydrogen-bond donors (Lipinski definition) is 0. The molecular weight excluding hydrogens is 306 g/mol. The first-order valence-electron chi connectivity index (χ1n) is 9.48. The van der Waals surface area contributed by atoms with Gasteiger partial charge >= 0.3 is 5.97 Å². The molecule has 1 spiro atoms. The van der Waals surface area contributed by atoms with Crippen LogP contribution in [0.2, 0.25) is 0 Å². The minimum Gasteiger partial charge on any atom is -0.458 e. The molecule has 2 heterocycles. The highest BCUT2D eigenvalue weighted by molar-refractivity contribution is 5.88. The van der Waals surface area contributed by atoms with Crippen molar-refractivity contribution in [3.8, 4) is 0 Å². The minimum absolute atomic E-state index is 0.0976. The first-order chi connectivity index (χ1) is 11.3. The summed E-state index contributed by atoms with van der Waals surface area (Å²) < 4.78 is 11.5. The van der Waals surface area contributed by atoms with Crippen LogP contribution < -0.4 is 0 Å². The molecule has 0 saturated carbocycles. The van der Waals surface area contributed by atoms with Gasteiger partial charge in [-0.3, -0.25) is 9.59 Å². The Hall–Kier alpha value is -1.10. The molecule has 138 valence electrons. The molecule has 0 bridgehead atoms. The third kappa shape index (κ3) is 4.29. The number of carbonyl (C=O) groups excluding carboxylic acids is 2. The molecule has 5 heteroatoms. The van der Waals surface area contributed by atoms with Crippen molar-refractivity contribution in [2.45, 2.75) is 83.8 Å². The lowest BCUT2D eigenvalue weighted by molar-refractivity contribution is -0.181. The summed E-state index contributed by atoms with van der Waals surface area (Å²) >= 11 is 0. The van der Waals surface area contributed by atoms with E-state index in [1.165, 1.54) is 0 Å². The maximum absolute atomic E-state index is 13.2. The lowest BCUT2D eigenvalue weighted by Gasteiger charge is -2.44. The van der Waals surface area contributed by atoms with E-state index in [2.05, 4.69) is 13.8 Å². The molecule has 0 aromatic heterocycles. The van der Waals surface area contributed by atoms with Gasteiger partial charge in [0, 0.05) is 25.9 Å². The molecule has 2 rings (SSSR count). The van der Waals surface area contributed by atoms with Crippen molar-refractivity contribution in [1.82, 2.24) is 4.90 Å². The fraction of sp³-hybridized carbons (Fsp3) is 0.895. The molecule has 2 aliphatic rings. The molecule has 0 aliphatic carbocycles. The summed E-state index contributed by atoms with van der Waals surface area (Å²) in [5, 5.41) is 0. The standard InChI is InChI=1S/C19H33NO4/c1-5-7-10-20(11-8-6-2)17(22)15-13-16(21)24-19(15)9-12-23-18(3,4)14-19/h15H,5-14H2,1-4H3. The van der Waals surface area contributed by atoms with Crippen LogP contribution in [0.4, 0.5) is 0 Å². The SMILES string of the molecule is CCCCN(CCCC)C(=O)C1CC(=O)OC12CCOC(C)(C)C2. The molecular formula is C19H33NO4. The number of ether oxygens (including phenoxy) is 2. The van der Waals surface area contributed by atoms with Gasteiger partial charge in [0.2, 0.25) is 5.91 Å². The number of hydrogen-bond acceptors (Lipinski definition) is 4. The van der Waals surface area contributed by atoms with Crippen molar-refractivity contribution < 1.29 is 19.1 Å². The molecule has 0 N–H and O–H groups in total. The maximum Gasteiger partial charge on any atom is 0.307 e. The third-order valence-electron chi connectivity index (χ3n) is 5.24. The second kappa shape index (κ2) is 7.85. The van der Waals surface area contributed by atoms with Crippen LogP contribution in [0.15, 0.2) is 0 Å². The highest BCUT2D eigenvalue weighted by Gasteiger charge is 2.57. The highest BCUT2D eigenvalue weighted by atomic mass is 16.6. The maximum atomic E-state index is 13.2. The van der Waals surface area contributed by atoms with E-state index in [4.69, 9.17) is 9.47 Å². The first kappa shape index (κ1) is 19.2. The lowest BCUT2D eigenvalue weighted by Crippen LogP contribution is -2.53. The summed E-state index contributed by atoms with van der Waals surface area (Å²) in [6.45, 7) is 10.4. The van der Waals surface area contributed by atoms with E-state index in [0.717, 1.165) is 38.8 Å². The molecule has 1 amide bonds. The fourth-order valence-corrected chi connectivity index (χ4v) is 4.00. The molecule has 24 heavy (non-hydrogen) atoms. The van der Waals surface area contributed by atoms with Gasteiger partial charge in [-0.1, -0.05) is 26.7 Å². The van der Waals surface area contributed by atoms with Gasteiger partial charge in [0.1, 0.15) is 5.60 Å². The van der Waals surface area contributed by atoms with Gasteiger partial charge in [-0.15, -0.1) is 0 Å². The van der Waals surface area contributed by atoms with Crippen LogP contribution in [0, 0.1) is 5.92 Å². The van der Waals surface area contributed by atoms with E-state index in [-0.39, 0.29) is 29.8 Å². The largest absolute Gasteiger partial charge is 0.458 e. The van der Waals surface area contributed by atoms with Crippen LogP contribution in [-0.2, 0) is 19.1 Å². The van der Waals surface area contributed by atoms with Crippen LogP contribution in [0.25, 0.3) is 0 Å². The Morgan fingerprint density at radius 1 is 1.21 bits per heavy atom. The Kier molecular flexibility index (Phi) is 6.29. The van der Waals surface area contributed by atoms with Gasteiger partial charge in [-0.2, -0.15) is 0 Å². The van der Waals surface area contributed by atoms with E-state index < -0.39 is 5.60 Å². The summed E-state index contributed by atoms with van der Waals surface area (Å²) in [5.41, 5.74) is -1.04. The monoisotopic (exact) mass is 339 g/mol. The number of esters is 1. The summed E-state index contributed by atoms with van der Waals surface area (Å²) in [7, 11) is 0. The van der Waals surface area contributed by atoms with Gasteiger partial charge in [-0.05, 0) is 26.7 Å². The van der Waals surface area contributed by atoms with Gasteiger partial charge in [0.15, 0.2) is 0 Å². The van der Waals surface area contributed by atoms with Crippen LogP contribution in [0.1, 0.15) is 72.6 Å². The average molecular weight is 339 g/mol. The zero-order valence-electron chi connectivity index (χ0n) is 15.7. The second-order valence-corrected chi connectivity index (χ2v) is 7.86. The van der Waals surface area contributed by atoms with Crippen LogP contribution in [-0.4, -0.2) is 47.7 Å². The van der Waals surface area contributed by atoms with Crippen molar-refractivity contribution in [3.63, 3.8) is 0 Å². The van der Waals surface area contributed by atoms with Gasteiger partial charge in [0.25, 0.3) is 0 Å². The molecule has 2 saturated heterocycles. The predicted octanol–water partition coefficient (Wildman–Crippen LogP) is 3.31. The van der Waals surface area contributed by atoms with E-state index in [1.54, 1.807) is 0 Å². The van der Waals surface area contributed by atoms with E-state index >= 15 is 0 Å². The van der Waals surface area contributed by atoms with Crippen LogP contribution in [0.3, 0.4) is 0 Å². The van der Waals surface area contributed by atoms with Crippen molar-refractivity contribution in [2.24, 2.45) is 5.92 Å². The second-order valence-electron chi connectivity index (χ2n) is 7.86. The van der Waals surface area contributed by atoms with E-state index in [9.17, 15) is 9.59 Å². The Balaban J connectivity index is 2.18. The lowest BCUT2D eigenvalue weighted by atomic mass is 9.75. The van der Waals surface area contributed by atoms with Gasteiger partial charge in [-0.25, -0.2) is 0 Å². The van der Waals surface area contributed by atoms with Crippen LogP contribution >= 0.6 is 0 Å². The number of amides is 1. The Morgan fingerprint density at radius 2 is 1.83 bits per heavy atom. The smallest absolute Gasteiger partial charge is 0.307 e. The van der Waals surface area contributed by atoms with Crippen molar-refractivity contribution in [2.75, 3.05) is 19.7 Å². The van der Waals surface area contributed by atoms with Crippen molar-refractivity contribution in [3.05, 3.63) is 0 Å². The molecule has 2 fully saturated rings. The number of rotatable bonds is 7. The van der Waals surface area contributed by atoms with E-state index in [0.29, 0.717) is 19.4 Å². The predicted molar refractivity (Wildman–Crippen MR) is 92.6 cm³/mol. The Labute approximate surface area is 146 Å². The topological polar surface area (TPSA) is 55.8 Å². The number of carbonyl (C=O) groups is 2. The minimum atomic E-state index is -0.674. The molecule has 5 nitrogen and oxygen atoms in total. The van der Waals surface area contributed by atoms with Crippen molar-refractivity contribution >= 4 is 11.9 Å². The molecule has 2 atom stereocenters. The third-order valence-corrected chi connectivity index (χ3v) is 5.24. The molecule has 0 aromatic carbocycles. The molecule has 2 aliphatic heterocycles. The van der Waals surface area contributed by atoms with Gasteiger partial charge in [0.05, 0.1) is 24.5 Å². The quantitative estimate of drug-likeness (QED) is 0.668. The average Bonchev–Trinajstić information content (AvgIpc) is 2.81. The number of unbranched alkanes of at least 4 members (excludes halogenated alkanes) is 2. The summed E-state index contributed by atoms with van der Waals surface area (Å²) in [5.74, 6) is -0.501. The molecule has 2 unspecified atom stereocenters. The fourth-order valence-electron chi connectivity index (χ4n) is 4.00.